The number of rotatable bonds is 4. The lowest BCUT2D eigenvalue weighted by atomic mass is 9.98. The smallest absolute Gasteiger partial charge is 0.124 e. The van der Waals surface area contributed by atoms with Crippen LogP contribution in [0.3, 0.4) is 0 Å². The summed E-state index contributed by atoms with van der Waals surface area (Å²) in [6, 6.07) is 6.99. The molecule has 1 fully saturated rings. The normalized spacial score (nSPS) is 25.7. The van der Waals surface area contributed by atoms with Gasteiger partial charge in [-0.15, -0.1) is 0 Å². The summed E-state index contributed by atoms with van der Waals surface area (Å²) in [5.74, 6) is 1.08. The first-order chi connectivity index (χ1) is 10.1. The van der Waals surface area contributed by atoms with Gasteiger partial charge in [-0.3, -0.25) is 4.90 Å². The summed E-state index contributed by atoms with van der Waals surface area (Å²) in [6.45, 7) is 10.0. The molecule has 0 aromatic heterocycles. The Hall–Kier alpha value is -1.22. The van der Waals surface area contributed by atoms with Crippen LogP contribution in [-0.2, 0) is 6.42 Å². The SMILES string of the molecule is CC(C)N1CCCC1(C)COc1cccc2c1CCCN2. The van der Waals surface area contributed by atoms with Crippen LogP contribution in [-0.4, -0.2) is 36.2 Å². The molecule has 0 saturated carbocycles. The predicted molar refractivity (Wildman–Crippen MR) is 88.2 cm³/mol. The van der Waals surface area contributed by atoms with E-state index in [-0.39, 0.29) is 5.54 Å². The van der Waals surface area contributed by atoms with Crippen LogP contribution in [0.2, 0.25) is 0 Å². The van der Waals surface area contributed by atoms with E-state index in [2.05, 4.69) is 49.2 Å². The summed E-state index contributed by atoms with van der Waals surface area (Å²) in [6.07, 6.45) is 4.84. The first-order valence-corrected chi connectivity index (χ1v) is 8.35. The molecule has 3 nitrogen and oxygen atoms in total. The monoisotopic (exact) mass is 288 g/mol. The zero-order valence-corrected chi connectivity index (χ0v) is 13.6. The van der Waals surface area contributed by atoms with E-state index in [1.807, 2.05) is 0 Å². The van der Waals surface area contributed by atoms with Gasteiger partial charge in [-0.2, -0.15) is 0 Å². The molecule has 0 radical (unpaired) electrons. The first kappa shape index (κ1) is 14.7. The molecule has 1 N–H and O–H groups in total. The van der Waals surface area contributed by atoms with E-state index < -0.39 is 0 Å². The molecule has 1 atom stereocenters. The van der Waals surface area contributed by atoms with Crippen LogP contribution in [0.1, 0.15) is 45.6 Å². The molecule has 1 aromatic rings. The number of hydrogen-bond acceptors (Lipinski definition) is 3. The highest BCUT2D eigenvalue weighted by atomic mass is 16.5. The molecule has 2 heterocycles. The standard InChI is InChI=1S/C18H28N2O/c1-14(2)20-12-6-10-18(20,3)13-21-17-9-4-8-16-15(17)7-5-11-19-16/h4,8-9,14,19H,5-7,10-13H2,1-3H3. The molecule has 21 heavy (non-hydrogen) atoms. The topological polar surface area (TPSA) is 24.5 Å². The average Bonchev–Trinajstić information content (AvgIpc) is 2.87. The highest BCUT2D eigenvalue weighted by Crippen LogP contribution is 2.34. The largest absolute Gasteiger partial charge is 0.491 e. The summed E-state index contributed by atoms with van der Waals surface area (Å²) >= 11 is 0. The quantitative estimate of drug-likeness (QED) is 0.914. The highest BCUT2D eigenvalue weighted by Gasteiger charge is 2.38. The molecule has 0 aliphatic carbocycles. The van der Waals surface area contributed by atoms with Gasteiger partial charge in [0.05, 0.1) is 5.54 Å². The van der Waals surface area contributed by atoms with Crippen molar-refractivity contribution in [1.82, 2.24) is 4.90 Å². The lowest BCUT2D eigenvalue weighted by Crippen LogP contribution is -2.49. The van der Waals surface area contributed by atoms with Gasteiger partial charge in [0.25, 0.3) is 0 Å². The maximum absolute atomic E-state index is 6.29. The Morgan fingerprint density at radius 3 is 3.00 bits per heavy atom. The van der Waals surface area contributed by atoms with Crippen molar-refractivity contribution in [3.05, 3.63) is 23.8 Å². The summed E-state index contributed by atoms with van der Waals surface area (Å²) in [5.41, 5.74) is 2.80. The minimum atomic E-state index is 0.180. The summed E-state index contributed by atoms with van der Waals surface area (Å²) in [5, 5.41) is 3.48. The van der Waals surface area contributed by atoms with Crippen molar-refractivity contribution in [1.29, 1.82) is 0 Å². The van der Waals surface area contributed by atoms with E-state index >= 15 is 0 Å². The minimum Gasteiger partial charge on any atom is -0.491 e. The molecule has 0 bridgehead atoms. The second-order valence-electron chi connectivity index (χ2n) is 6.99. The number of ether oxygens (including phenoxy) is 1. The van der Waals surface area contributed by atoms with Gasteiger partial charge in [0.15, 0.2) is 0 Å². The van der Waals surface area contributed by atoms with Gasteiger partial charge in [-0.05, 0) is 65.1 Å². The Labute approximate surface area is 128 Å². The summed E-state index contributed by atoms with van der Waals surface area (Å²) < 4.78 is 6.29. The van der Waals surface area contributed by atoms with Crippen LogP contribution in [0.25, 0.3) is 0 Å². The van der Waals surface area contributed by atoms with E-state index in [4.69, 9.17) is 4.74 Å². The van der Waals surface area contributed by atoms with Crippen LogP contribution < -0.4 is 10.1 Å². The Bertz CT molecular complexity index is 500. The van der Waals surface area contributed by atoms with E-state index in [1.165, 1.54) is 37.1 Å². The fourth-order valence-corrected chi connectivity index (χ4v) is 3.93. The molecule has 2 aliphatic heterocycles. The fraction of sp³-hybridized carbons (Fsp3) is 0.667. The molecule has 0 spiro atoms. The van der Waals surface area contributed by atoms with E-state index in [0.717, 1.165) is 25.3 Å². The van der Waals surface area contributed by atoms with Crippen LogP contribution in [0.15, 0.2) is 18.2 Å². The van der Waals surface area contributed by atoms with Gasteiger partial charge in [0.2, 0.25) is 0 Å². The molecule has 2 aliphatic rings. The van der Waals surface area contributed by atoms with Crippen LogP contribution in [0.5, 0.6) is 5.75 Å². The van der Waals surface area contributed by atoms with Gasteiger partial charge in [-0.25, -0.2) is 0 Å². The number of hydrogen-bond donors (Lipinski definition) is 1. The number of fused-ring (bicyclic) bond motifs is 1. The van der Waals surface area contributed by atoms with Crippen molar-refractivity contribution in [2.75, 3.05) is 25.0 Å². The number of anilines is 1. The van der Waals surface area contributed by atoms with Crippen molar-refractivity contribution in [2.45, 2.75) is 58.0 Å². The number of nitrogens with one attached hydrogen (secondary N) is 1. The number of benzene rings is 1. The molecule has 3 heteroatoms. The van der Waals surface area contributed by atoms with Crippen molar-refractivity contribution in [3.63, 3.8) is 0 Å². The third-order valence-corrected chi connectivity index (χ3v) is 5.02. The van der Waals surface area contributed by atoms with Crippen LogP contribution >= 0.6 is 0 Å². The van der Waals surface area contributed by atoms with E-state index in [9.17, 15) is 0 Å². The zero-order chi connectivity index (χ0) is 14.9. The minimum absolute atomic E-state index is 0.180. The zero-order valence-electron chi connectivity index (χ0n) is 13.6. The number of likely N-dealkylation sites (tertiary alicyclic amines) is 1. The van der Waals surface area contributed by atoms with Gasteiger partial charge < -0.3 is 10.1 Å². The highest BCUT2D eigenvalue weighted by molar-refractivity contribution is 5.59. The second-order valence-corrected chi connectivity index (χ2v) is 6.99. The van der Waals surface area contributed by atoms with Crippen molar-refractivity contribution in [3.8, 4) is 5.75 Å². The van der Waals surface area contributed by atoms with Crippen molar-refractivity contribution in [2.24, 2.45) is 0 Å². The molecule has 1 aromatic carbocycles. The third-order valence-electron chi connectivity index (χ3n) is 5.02. The third kappa shape index (κ3) is 2.89. The summed E-state index contributed by atoms with van der Waals surface area (Å²) in [7, 11) is 0. The molecule has 3 rings (SSSR count). The fourth-order valence-electron chi connectivity index (χ4n) is 3.93. The predicted octanol–water partition coefficient (Wildman–Crippen LogP) is 3.69. The molecule has 1 saturated heterocycles. The van der Waals surface area contributed by atoms with E-state index in [0.29, 0.717) is 6.04 Å². The molecule has 1 unspecified atom stereocenters. The maximum atomic E-state index is 6.29. The molecular formula is C18H28N2O. The molecule has 116 valence electrons. The second kappa shape index (κ2) is 5.88. The lowest BCUT2D eigenvalue weighted by molar-refractivity contribution is 0.0660. The average molecular weight is 288 g/mol. The van der Waals surface area contributed by atoms with Crippen LogP contribution in [0.4, 0.5) is 5.69 Å². The number of nitrogens with zero attached hydrogens (tertiary/aromatic N) is 1. The Morgan fingerprint density at radius 2 is 2.19 bits per heavy atom. The summed E-state index contributed by atoms with van der Waals surface area (Å²) in [4.78, 5) is 2.60. The van der Waals surface area contributed by atoms with Gasteiger partial charge in [0, 0.05) is 23.8 Å². The first-order valence-electron chi connectivity index (χ1n) is 8.35. The Morgan fingerprint density at radius 1 is 1.33 bits per heavy atom. The molecular weight excluding hydrogens is 260 g/mol. The van der Waals surface area contributed by atoms with Gasteiger partial charge in [-0.1, -0.05) is 6.07 Å². The van der Waals surface area contributed by atoms with Crippen molar-refractivity contribution >= 4 is 5.69 Å². The lowest BCUT2D eigenvalue weighted by Gasteiger charge is -2.38. The van der Waals surface area contributed by atoms with E-state index in [1.54, 1.807) is 0 Å². The van der Waals surface area contributed by atoms with Gasteiger partial charge in [0.1, 0.15) is 12.4 Å². The Balaban J connectivity index is 1.73. The molecule has 0 amide bonds. The van der Waals surface area contributed by atoms with Crippen molar-refractivity contribution < 1.29 is 4.74 Å². The maximum Gasteiger partial charge on any atom is 0.124 e. The van der Waals surface area contributed by atoms with Gasteiger partial charge >= 0.3 is 0 Å². The Kier molecular flexibility index (Phi) is 4.12. The van der Waals surface area contributed by atoms with Crippen LogP contribution in [0, 0.1) is 0 Å².